The Kier molecular flexibility index (Phi) is 4.34. The van der Waals surface area contributed by atoms with Gasteiger partial charge < -0.3 is 5.32 Å². The molecule has 1 aliphatic heterocycles. The second-order valence-electron chi connectivity index (χ2n) is 4.41. The fourth-order valence-electron chi connectivity index (χ4n) is 1.99. The van der Waals surface area contributed by atoms with Crippen LogP contribution in [-0.2, 0) is 0 Å². The van der Waals surface area contributed by atoms with E-state index in [-0.39, 0.29) is 0 Å². The van der Waals surface area contributed by atoms with E-state index in [1.165, 1.54) is 5.56 Å². The molecule has 1 N–H and O–H groups in total. The lowest BCUT2D eigenvalue weighted by molar-refractivity contribution is 0.966. The molecule has 20 heavy (non-hydrogen) atoms. The monoisotopic (exact) mass is 366 g/mol. The van der Waals surface area contributed by atoms with Gasteiger partial charge in [-0.25, -0.2) is 0 Å². The van der Waals surface area contributed by atoms with Gasteiger partial charge in [0.2, 0.25) is 0 Å². The summed E-state index contributed by atoms with van der Waals surface area (Å²) in [6, 6.07) is 16.1. The topological polar surface area (TPSA) is 24.4 Å². The van der Waals surface area contributed by atoms with Gasteiger partial charge in [0.05, 0.1) is 17.5 Å². The Morgan fingerprint density at radius 3 is 2.80 bits per heavy atom. The van der Waals surface area contributed by atoms with Crippen molar-refractivity contribution >= 4 is 50.1 Å². The molecule has 0 saturated carbocycles. The summed E-state index contributed by atoms with van der Waals surface area (Å²) in [7, 11) is 0. The van der Waals surface area contributed by atoms with E-state index in [9.17, 15) is 0 Å². The van der Waals surface area contributed by atoms with Crippen LogP contribution in [0.3, 0.4) is 0 Å². The third-order valence-electron chi connectivity index (χ3n) is 3.00. The van der Waals surface area contributed by atoms with E-state index in [0.717, 1.165) is 21.9 Å². The highest BCUT2D eigenvalue weighted by Crippen LogP contribution is 2.36. The normalized spacial score (nSPS) is 17.9. The quantitative estimate of drug-likeness (QED) is 0.773. The molecule has 1 atom stereocenters. The third-order valence-corrected chi connectivity index (χ3v) is 5.08. The molecule has 1 unspecified atom stereocenters. The average molecular weight is 368 g/mol. The van der Waals surface area contributed by atoms with E-state index in [2.05, 4.69) is 50.5 Å². The van der Waals surface area contributed by atoms with Crippen molar-refractivity contribution in [3.05, 3.63) is 63.6 Å². The molecule has 2 aromatic carbocycles. The summed E-state index contributed by atoms with van der Waals surface area (Å²) < 4.78 is 0.980. The van der Waals surface area contributed by atoms with Gasteiger partial charge in [-0.15, -0.1) is 0 Å². The lowest BCUT2D eigenvalue weighted by Crippen LogP contribution is -2.05. The molecule has 5 heteroatoms. The maximum atomic E-state index is 6.02. The number of benzene rings is 2. The molecule has 0 radical (unpaired) electrons. The first-order chi connectivity index (χ1) is 9.72. The molecular formula is C15H12BrClN2S. The first-order valence-electron chi connectivity index (χ1n) is 6.20. The number of aliphatic imine (C=N–C) groups is 1. The van der Waals surface area contributed by atoms with Crippen LogP contribution in [0.4, 0.5) is 5.69 Å². The molecule has 0 spiro atoms. The van der Waals surface area contributed by atoms with Crippen LogP contribution in [0.15, 0.2) is 58.0 Å². The van der Waals surface area contributed by atoms with Gasteiger partial charge in [-0.1, -0.05) is 53.7 Å². The van der Waals surface area contributed by atoms with Crippen LogP contribution in [-0.4, -0.2) is 11.7 Å². The number of hydrogen-bond acceptors (Lipinski definition) is 3. The van der Waals surface area contributed by atoms with Crippen LogP contribution in [0.2, 0.25) is 5.02 Å². The minimum atomic E-state index is 0.386. The maximum absolute atomic E-state index is 6.02. The molecule has 0 fully saturated rings. The lowest BCUT2D eigenvalue weighted by atomic mass is 10.1. The number of thioether (sulfide) groups is 1. The predicted octanol–water partition coefficient (Wildman–Crippen LogP) is 5.36. The van der Waals surface area contributed by atoms with E-state index in [1.807, 2.05) is 24.3 Å². The summed E-state index contributed by atoms with van der Waals surface area (Å²) in [6.45, 7) is 0.801. The summed E-state index contributed by atoms with van der Waals surface area (Å²) in [5, 5.41) is 5.36. The van der Waals surface area contributed by atoms with Crippen LogP contribution >= 0.6 is 39.3 Å². The second kappa shape index (κ2) is 6.20. The Morgan fingerprint density at radius 2 is 2.00 bits per heavy atom. The van der Waals surface area contributed by atoms with Crippen LogP contribution in [0.1, 0.15) is 10.8 Å². The smallest absolute Gasteiger partial charge is 0.161 e. The van der Waals surface area contributed by atoms with Gasteiger partial charge in [0.15, 0.2) is 5.17 Å². The van der Waals surface area contributed by atoms with Crippen molar-refractivity contribution in [1.29, 1.82) is 0 Å². The van der Waals surface area contributed by atoms with Crippen LogP contribution in [0, 0.1) is 0 Å². The number of nitrogens with zero attached hydrogens (tertiary/aromatic N) is 1. The van der Waals surface area contributed by atoms with Crippen molar-refractivity contribution in [2.45, 2.75) is 5.25 Å². The summed E-state index contributed by atoms with van der Waals surface area (Å²) in [5.74, 6) is 0. The van der Waals surface area contributed by atoms with Crippen molar-refractivity contribution in [2.24, 2.45) is 4.99 Å². The number of rotatable bonds is 2. The zero-order chi connectivity index (χ0) is 13.9. The molecule has 2 aromatic rings. The number of hydrogen-bond donors (Lipinski definition) is 1. The van der Waals surface area contributed by atoms with Gasteiger partial charge in [-0.05, 0) is 39.7 Å². The van der Waals surface area contributed by atoms with Gasteiger partial charge in [0.25, 0.3) is 0 Å². The summed E-state index contributed by atoms with van der Waals surface area (Å²) in [4.78, 5) is 4.56. The van der Waals surface area contributed by atoms with Crippen molar-refractivity contribution in [3.8, 4) is 0 Å². The van der Waals surface area contributed by atoms with Crippen molar-refractivity contribution in [2.75, 3.05) is 11.9 Å². The van der Waals surface area contributed by atoms with E-state index in [4.69, 9.17) is 11.6 Å². The van der Waals surface area contributed by atoms with Crippen molar-refractivity contribution in [1.82, 2.24) is 0 Å². The standard InChI is InChI=1S/C15H12BrClN2S/c16-12-7-6-11(17)8-13(12)19-15-18-9-14(20-15)10-4-2-1-3-5-10/h1-8,14H,9H2,(H,18,19). The van der Waals surface area contributed by atoms with Crippen molar-refractivity contribution < 1.29 is 0 Å². The predicted molar refractivity (Wildman–Crippen MR) is 91.9 cm³/mol. The first kappa shape index (κ1) is 14.0. The first-order valence-corrected chi connectivity index (χ1v) is 8.25. The Bertz CT molecular complexity index is 646. The second-order valence-corrected chi connectivity index (χ2v) is 6.89. The average Bonchev–Trinajstić information content (AvgIpc) is 2.92. The number of nitrogens with one attached hydrogen (secondary N) is 1. The fraction of sp³-hybridized carbons (Fsp3) is 0.133. The van der Waals surface area contributed by atoms with E-state index < -0.39 is 0 Å². The number of anilines is 1. The zero-order valence-corrected chi connectivity index (χ0v) is 13.7. The Labute approximate surface area is 135 Å². The molecule has 0 saturated heterocycles. The highest BCUT2D eigenvalue weighted by atomic mass is 79.9. The number of amidine groups is 1. The molecule has 0 amide bonds. The van der Waals surface area contributed by atoms with Crippen LogP contribution < -0.4 is 5.32 Å². The Morgan fingerprint density at radius 1 is 1.20 bits per heavy atom. The Balaban J connectivity index is 1.70. The van der Waals surface area contributed by atoms with Crippen LogP contribution in [0.25, 0.3) is 0 Å². The summed E-state index contributed by atoms with van der Waals surface area (Å²) in [5.41, 5.74) is 2.25. The molecule has 1 aliphatic rings. The van der Waals surface area contributed by atoms with Gasteiger partial charge >= 0.3 is 0 Å². The molecule has 2 nitrogen and oxygen atoms in total. The minimum Gasteiger partial charge on any atom is -0.334 e. The van der Waals surface area contributed by atoms with Gasteiger partial charge in [-0.3, -0.25) is 4.99 Å². The highest BCUT2D eigenvalue weighted by Gasteiger charge is 2.21. The lowest BCUT2D eigenvalue weighted by Gasteiger charge is -2.10. The molecule has 0 bridgehead atoms. The molecular weight excluding hydrogens is 356 g/mol. The summed E-state index contributed by atoms with van der Waals surface area (Å²) >= 11 is 11.3. The largest absolute Gasteiger partial charge is 0.334 e. The SMILES string of the molecule is Clc1ccc(Br)c(NC2=NCC(c3ccccc3)S2)c1. The molecule has 0 aliphatic carbocycles. The fourth-order valence-corrected chi connectivity index (χ4v) is 3.54. The molecule has 3 rings (SSSR count). The van der Waals surface area contributed by atoms with Gasteiger partial charge in [0, 0.05) is 9.50 Å². The van der Waals surface area contributed by atoms with Crippen molar-refractivity contribution in [3.63, 3.8) is 0 Å². The van der Waals surface area contributed by atoms with E-state index in [1.54, 1.807) is 11.8 Å². The highest BCUT2D eigenvalue weighted by molar-refractivity contribution is 9.10. The van der Waals surface area contributed by atoms with Gasteiger partial charge in [-0.2, -0.15) is 0 Å². The van der Waals surface area contributed by atoms with E-state index in [0.29, 0.717) is 10.3 Å². The molecule has 1 heterocycles. The molecule has 0 aromatic heterocycles. The van der Waals surface area contributed by atoms with E-state index >= 15 is 0 Å². The minimum absolute atomic E-state index is 0.386. The maximum Gasteiger partial charge on any atom is 0.161 e. The Hall–Kier alpha value is -0.970. The van der Waals surface area contributed by atoms with Crippen LogP contribution in [0.5, 0.6) is 0 Å². The zero-order valence-electron chi connectivity index (χ0n) is 10.5. The third kappa shape index (κ3) is 3.19. The number of halogens is 2. The van der Waals surface area contributed by atoms with Gasteiger partial charge in [0.1, 0.15) is 0 Å². The molecule has 102 valence electrons. The summed E-state index contributed by atoms with van der Waals surface area (Å²) in [6.07, 6.45) is 0.